The molecule has 18 heavy (non-hydrogen) atoms. The molecule has 0 aliphatic heterocycles. The molecule has 0 aliphatic rings. The van der Waals surface area contributed by atoms with Gasteiger partial charge in [-0.05, 0) is 19.9 Å². The van der Waals surface area contributed by atoms with E-state index in [1.54, 1.807) is 13.8 Å². The van der Waals surface area contributed by atoms with Crippen LogP contribution in [0.3, 0.4) is 0 Å². The van der Waals surface area contributed by atoms with E-state index >= 15 is 0 Å². The van der Waals surface area contributed by atoms with E-state index in [0.29, 0.717) is 0 Å². The number of carbonyl (C=O) groups excluding carboxylic acids is 2. The Hall–Kier alpha value is -2.18. The molecule has 0 atom stereocenters. The van der Waals surface area contributed by atoms with Crippen LogP contribution >= 0.6 is 0 Å². The van der Waals surface area contributed by atoms with Crippen LogP contribution in [0.4, 0.5) is 0 Å². The van der Waals surface area contributed by atoms with Crippen LogP contribution in [0.25, 0.3) is 0 Å². The number of aromatic nitrogens is 2. The van der Waals surface area contributed by atoms with Crippen LogP contribution in [0.5, 0.6) is 0 Å². The molecule has 1 heterocycles. The number of carbonyl (C=O) groups is 2. The summed E-state index contributed by atoms with van der Waals surface area (Å²) in [4.78, 5) is 35.5. The molecule has 0 radical (unpaired) electrons. The second-order valence-electron chi connectivity index (χ2n) is 3.91. The van der Waals surface area contributed by atoms with Gasteiger partial charge in [0.25, 0.3) is 11.5 Å². The molecule has 0 aliphatic carbocycles. The van der Waals surface area contributed by atoms with Gasteiger partial charge >= 0.3 is 5.97 Å². The first kappa shape index (κ1) is 13.9. The number of aromatic amines is 1. The fourth-order valence-corrected chi connectivity index (χ4v) is 1.30. The van der Waals surface area contributed by atoms with Crippen molar-refractivity contribution in [2.24, 2.45) is 0 Å². The lowest BCUT2D eigenvalue weighted by atomic mass is 10.2. The van der Waals surface area contributed by atoms with Crippen molar-refractivity contribution in [1.29, 1.82) is 0 Å². The fraction of sp³-hybridized carbons (Fsp3) is 0.455. The maximum Gasteiger partial charge on any atom is 0.325 e. The summed E-state index contributed by atoms with van der Waals surface area (Å²) in [6.07, 6.45) is 0. The van der Waals surface area contributed by atoms with E-state index in [4.69, 9.17) is 0 Å². The van der Waals surface area contributed by atoms with Gasteiger partial charge in [-0.2, -0.15) is 5.10 Å². The van der Waals surface area contributed by atoms with E-state index in [9.17, 15) is 14.4 Å². The van der Waals surface area contributed by atoms with Crippen LogP contribution in [-0.2, 0) is 9.53 Å². The number of esters is 1. The summed E-state index contributed by atoms with van der Waals surface area (Å²) in [6.45, 7) is 3.38. The molecule has 1 N–H and O–H groups in total. The summed E-state index contributed by atoms with van der Waals surface area (Å²) in [5.41, 5.74) is -0.317. The van der Waals surface area contributed by atoms with Crippen molar-refractivity contribution in [3.8, 4) is 0 Å². The molecule has 0 fully saturated rings. The fourth-order valence-electron chi connectivity index (χ4n) is 1.30. The topological polar surface area (TPSA) is 92.4 Å². The van der Waals surface area contributed by atoms with E-state index in [1.165, 1.54) is 24.1 Å². The average molecular weight is 253 g/mol. The quantitative estimate of drug-likeness (QED) is 0.750. The summed E-state index contributed by atoms with van der Waals surface area (Å²) >= 11 is 0. The van der Waals surface area contributed by atoms with Crippen molar-refractivity contribution in [3.63, 3.8) is 0 Å². The van der Waals surface area contributed by atoms with E-state index < -0.39 is 17.4 Å². The molecule has 1 rings (SSSR count). The number of nitrogens with zero attached hydrogens (tertiary/aromatic N) is 2. The minimum absolute atomic E-state index is 0.0761. The number of hydrogen-bond donors (Lipinski definition) is 1. The zero-order chi connectivity index (χ0) is 13.7. The Labute approximate surface area is 104 Å². The second kappa shape index (κ2) is 5.95. The van der Waals surface area contributed by atoms with Crippen molar-refractivity contribution in [2.45, 2.75) is 19.9 Å². The number of rotatable bonds is 4. The highest BCUT2D eigenvalue weighted by molar-refractivity contribution is 5.94. The third-order valence-electron chi connectivity index (χ3n) is 2.31. The van der Waals surface area contributed by atoms with Gasteiger partial charge < -0.3 is 9.64 Å². The third-order valence-corrected chi connectivity index (χ3v) is 2.31. The van der Waals surface area contributed by atoms with E-state index in [0.717, 1.165) is 0 Å². The Morgan fingerprint density at radius 2 is 2.11 bits per heavy atom. The van der Waals surface area contributed by atoms with Crippen LogP contribution in [0, 0.1) is 0 Å². The van der Waals surface area contributed by atoms with Crippen molar-refractivity contribution in [3.05, 3.63) is 28.2 Å². The summed E-state index contributed by atoms with van der Waals surface area (Å²) in [5, 5.41) is 5.81. The molecule has 7 nitrogen and oxygen atoms in total. The van der Waals surface area contributed by atoms with Crippen molar-refractivity contribution in [1.82, 2.24) is 15.1 Å². The van der Waals surface area contributed by atoms with E-state index in [1.807, 2.05) is 0 Å². The summed E-state index contributed by atoms with van der Waals surface area (Å²) in [5.74, 6) is -0.951. The van der Waals surface area contributed by atoms with Gasteiger partial charge in [0.05, 0.1) is 7.11 Å². The largest absolute Gasteiger partial charge is 0.468 e. The number of amides is 1. The molecule has 0 unspecified atom stereocenters. The lowest BCUT2D eigenvalue weighted by Crippen LogP contribution is -2.41. The van der Waals surface area contributed by atoms with Crippen LogP contribution in [0.1, 0.15) is 24.3 Å². The Balaban J connectivity index is 2.92. The molecule has 1 aromatic heterocycles. The minimum Gasteiger partial charge on any atom is -0.468 e. The van der Waals surface area contributed by atoms with Crippen molar-refractivity contribution < 1.29 is 14.3 Å². The molecule has 0 bridgehead atoms. The lowest BCUT2D eigenvalue weighted by molar-refractivity contribution is -0.141. The summed E-state index contributed by atoms with van der Waals surface area (Å²) in [7, 11) is 1.25. The summed E-state index contributed by atoms with van der Waals surface area (Å²) < 4.78 is 4.52. The molecule has 1 amide bonds. The summed E-state index contributed by atoms with van der Waals surface area (Å²) in [6, 6.07) is 2.33. The van der Waals surface area contributed by atoms with Gasteiger partial charge in [0.1, 0.15) is 12.2 Å². The monoisotopic (exact) mass is 253 g/mol. The Kier molecular flexibility index (Phi) is 4.59. The van der Waals surface area contributed by atoms with Crippen LogP contribution in [-0.4, -0.2) is 46.7 Å². The molecular weight excluding hydrogens is 238 g/mol. The second-order valence-corrected chi connectivity index (χ2v) is 3.91. The first-order chi connectivity index (χ1) is 8.45. The molecule has 7 heteroatoms. The normalized spacial score (nSPS) is 10.2. The van der Waals surface area contributed by atoms with Crippen molar-refractivity contribution >= 4 is 11.9 Å². The van der Waals surface area contributed by atoms with Gasteiger partial charge in [-0.25, -0.2) is 5.10 Å². The smallest absolute Gasteiger partial charge is 0.325 e. The Bertz CT molecular complexity index is 475. The van der Waals surface area contributed by atoms with Gasteiger partial charge in [0, 0.05) is 12.1 Å². The highest BCUT2D eigenvalue weighted by Crippen LogP contribution is 2.05. The zero-order valence-corrected chi connectivity index (χ0v) is 10.5. The van der Waals surface area contributed by atoms with Gasteiger partial charge in [-0.3, -0.25) is 14.4 Å². The van der Waals surface area contributed by atoms with Crippen molar-refractivity contribution in [2.75, 3.05) is 13.7 Å². The molecule has 0 saturated heterocycles. The number of ether oxygens (including phenoxy) is 1. The van der Waals surface area contributed by atoms with Gasteiger partial charge in [-0.1, -0.05) is 0 Å². The van der Waals surface area contributed by atoms with Gasteiger partial charge in [-0.15, -0.1) is 0 Å². The first-order valence-electron chi connectivity index (χ1n) is 5.39. The number of nitrogens with one attached hydrogen (secondary N) is 1. The molecule has 0 aromatic carbocycles. The third kappa shape index (κ3) is 3.41. The van der Waals surface area contributed by atoms with Crippen LogP contribution in [0.2, 0.25) is 0 Å². The zero-order valence-electron chi connectivity index (χ0n) is 10.5. The molecular formula is C11H15N3O4. The first-order valence-corrected chi connectivity index (χ1v) is 5.39. The average Bonchev–Trinajstić information content (AvgIpc) is 2.35. The predicted octanol–water partition coefficient (Wildman–Crippen LogP) is -0.207. The molecule has 0 spiro atoms. The van der Waals surface area contributed by atoms with Crippen LogP contribution < -0.4 is 5.56 Å². The Morgan fingerprint density at radius 1 is 1.44 bits per heavy atom. The maximum atomic E-state index is 12.1. The number of hydrogen-bond acceptors (Lipinski definition) is 5. The van der Waals surface area contributed by atoms with E-state index in [2.05, 4.69) is 14.9 Å². The molecule has 0 saturated carbocycles. The standard InChI is InChI=1S/C11H15N3O4/c1-7(2)14(6-10(16)18-3)11(17)8-4-5-9(15)13-12-8/h4-5,7H,6H2,1-3H3,(H,13,15). The highest BCUT2D eigenvalue weighted by Gasteiger charge is 2.22. The Morgan fingerprint density at radius 3 is 2.56 bits per heavy atom. The number of methoxy groups -OCH3 is 1. The lowest BCUT2D eigenvalue weighted by Gasteiger charge is -2.24. The number of H-pyrrole nitrogens is 1. The molecule has 98 valence electrons. The van der Waals surface area contributed by atoms with Crippen LogP contribution in [0.15, 0.2) is 16.9 Å². The van der Waals surface area contributed by atoms with E-state index in [-0.39, 0.29) is 18.3 Å². The highest BCUT2D eigenvalue weighted by atomic mass is 16.5. The predicted molar refractivity (Wildman–Crippen MR) is 63.0 cm³/mol. The molecule has 1 aromatic rings. The van der Waals surface area contributed by atoms with Gasteiger partial charge in [0.15, 0.2) is 0 Å². The SMILES string of the molecule is COC(=O)CN(C(=O)c1ccc(=O)[nH]n1)C(C)C. The maximum absolute atomic E-state index is 12.1. The van der Waals surface area contributed by atoms with Gasteiger partial charge in [0.2, 0.25) is 0 Å². The minimum atomic E-state index is -0.513.